The number of rotatable bonds is 7. The molecule has 162 valence electrons. The predicted octanol–water partition coefficient (Wildman–Crippen LogP) is 5.52. The Kier molecular flexibility index (Phi) is 7.07. The number of ether oxygens (including phenoxy) is 1. The number of fused-ring (bicyclic) bond motifs is 1. The lowest BCUT2D eigenvalue weighted by Gasteiger charge is -2.14. The molecule has 0 fully saturated rings. The molecule has 0 unspecified atom stereocenters. The summed E-state index contributed by atoms with van der Waals surface area (Å²) in [5.41, 5.74) is 0.335. The van der Waals surface area contributed by atoms with E-state index in [9.17, 15) is 14.9 Å². The highest BCUT2D eigenvalue weighted by Gasteiger charge is 2.20. The number of hydrogen-bond acceptors (Lipinski definition) is 6. The highest BCUT2D eigenvalue weighted by Crippen LogP contribution is 2.35. The van der Waals surface area contributed by atoms with Crippen LogP contribution in [0.3, 0.4) is 0 Å². The molecule has 10 heteroatoms. The fraction of sp³-hybridized carbons (Fsp3) is 0.286. The number of hydrogen-bond donors (Lipinski definition) is 0. The van der Waals surface area contributed by atoms with E-state index in [-0.39, 0.29) is 34.5 Å². The molecule has 0 N–H and O–H groups in total. The molecular formula is C21H20BrClN4O4. The summed E-state index contributed by atoms with van der Waals surface area (Å²) in [6, 6.07) is 8.09. The lowest BCUT2D eigenvalue weighted by atomic mass is 10.1. The van der Waals surface area contributed by atoms with Crippen molar-refractivity contribution in [3.05, 3.63) is 71.7 Å². The first kappa shape index (κ1) is 22.9. The van der Waals surface area contributed by atoms with Crippen molar-refractivity contribution in [1.82, 2.24) is 9.66 Å². The van der Waals surface area contributed by atoms with Gasteiger partial charge in [-0.15, -0.1) is 0 Å². The number of aromatic nitrogens is 2. The molecule has 3 aromatic rings. The monoisotopic (exact) mass is 506 g/mol. The van der Waals surface area contributed by atoms with Crippen LogP contribution in [0, 0.1) is 10.1 Å². The van der Waals surface area contributed by atoms with Gasteiger partial charge in [-0.3, -0.25) is 14.9 Å². The maximum Gasteiger partial charge on any atom is 0.313 e. The summed E-state index contributed by atoms with van der Waals surface area (Å²) in [5, 5.41) is 16.3. The van der Waals surface area contributed by atoms with E-state index in [0.717, 1.165) is 10.9 Å². The third-order valence-electron chi connectivity index (χ3n) is 4.74. The second-order valence-electron chi connectivity index (χ2n) is 6.84. The molecule has 0 bridgehead atoms. The Morgan fingerprint density at radius 1 is 1.35 bits per heavy atom. The van der Waals surface area contributed by atoms with Crippen LogP contribution in [0.2, 0.25) is 5.02 Å². The maximum absolute atomic E-state index is 13.2. The standard InChI is InChI=1S/C21H20BrClN4O4/c1-4-12(3)20-25-17-7-6-14(22)10-15(17)21(28)26(20)24-11-13-8-16(23)19(31-5-2)18(9-13)27(29)30/h6-12H,4-5H2,1-3H3/t12-/m1/s1. The fourth-order valence-corrected chi connectivity index (χ4v) is 3.64. The van der Waals surface area contributed by atoms with E-state index in [0.29, 0.717) is 22.3 Å². The van der Waals surface area contributed by atoms with Crippen molar-refractivity contribution in [2.45, 2.75) is 33.1 Å². The van der Waals surface area contributed by atoms with Gasteiger partial charge in [0.2, 0.25) is 5.75 Å². The van der Waals surface area contributed by atoms with E-state index in [2.05, 4.69) is 26.0 Å². The Labute approximate surface area is 191 Å². The van der Waals surface area contributed by atoms with Gasteiger partial charge in [0.1, 0.15) is 5.82 Å². The number of nitro benzene ring substituents is 1. The maximum atomic E-state index is 13.2. The lowest BCUT2D eigenvalue weighted by Crippen LogP contribution is -2.23. The van der Waals surface area contributed by atoms with Gasteiger partial charge < -0.3 is 4.74 Å². The van der Waals surface area contributed by atoms with E-state index in [1.54, 1.807) is 19.1 Å². The zero-order valence-corrected chi connectivity index (χ0v) is 19.5. The largest absolute Gasteiger partial charge is 0.486 e. The molecule has 3 rings (SSSR count). The summed E-state index contributed by atoms with van der Waals surface area (Å²) < 4.78 is 7.29. The van der Waals surface area contributed by atoms with Gasteiger partial charge in [0.25, 0.3) is 5.56 Å². The summed E-state index contributed by atoms with van der Waals surface area (Å²) in [7, 11) is 0. The van der Waals surface area contributed by atoms with Crippen LogP contribution in [-0.2, 0) is 0 Å². The molecular weight excluding hydrogens is 488 g/mol. The molecule has 8 nitrogen and oxygen atoms in total. The Morgan fingerprint density at radius 3 is 2.74 bits per heavy atom. The molecule has 31 heavy (non-hydrogen) atoms. The first-order valence-electron chi connectivity index (χ1n) is 9.64. The third kappa shape index (κ3) is 4.77. The molecule has 0 saturated heterocycles. The number of nitrogens with zero attached hydrogens (tertiary/aromatic N) is 4. The molecule has 0 radical (unpaired) electrons. The van der Waals surface area contributed by atoms with Crippen LogP contribution in [0.5, 0.6) is 5.75 Å². The highest BCUT2D eigenvalue weighted by molar-refractivity contribution is 9.10. The minimum atomic E-state index is -0.569. The second kappa shape index (κ2) is 9.57. The van der Waals surface area contributed by atoms with Crippen LogP contribution < -0.4 is 10.3 Å². The molecule has 1 atom stereocenters. The minimum absolute atomic E-state index is 0.000926. The van der Waals surface area contributed by atoms with Crippen LogP contribution in [0.25, 0.3) is 10.9 Å². The Bertz CT molecular complexity index is 1240. The molecule has 0 aliphatic heterocycles. The summed E-state index contributed by atoms with van der Waals surface area (Å²) in [6.45, 7) is 5.90. The molecule has 1 heterocycles. The Balaban J connectivity index is 2.17. The molecule has 2 aromatic carbocycles. The van der Waals surface area contributed by atoms with Crippen molar-refractivity contribution in [1.29, 1.82) is 0 Å². The average Bonchev–Trinajstić information content (AvgIpc) is 2.74. The van der Waals surface area contributed by atoms with E-state index in [4.69, 9.17) is 16.3 Å². The topological polar surface area (TPSA) is 99.6 Å². The van der Waals surface area contributed by atoms with Gasteiger partial charge >= 0.3 is 5.69 Å². The van der Waals surface area contributed by atoms with Gasteiger partial charge in [0.15, 0.2) is 0 Å². The summed E-state index contributed by atoms with van der Waals surface area (Å²) >= 11 is 9.57. The summed E-state index contributed by atoms with van der Waals surface area (Å²) in [4.78, 5) is 28.7. The van der Waals surface area contributed by atoms with Crippen molar-refractivity contribution < 1.29 is 9.66 Å². The number of halogens is 2. The normalized spacial score (nSPS) is 12.4. The van der Waals surface area contributed by atoms with E-state index >= 15 is 0 Å². The van der Waals surface area contributed by atoms with Crippen LogP contribution >= 0.6 is 27.5 Å². The van der Waals surface area contributed by atoms with Crippen LogP contribution in [-0.4, -0.2) is 27.4 Å². The van der Waals surface area contributed by atoms with Crippen molar-refractivity contribution in [3.8, 4) is 5.75 Å². The molecule has 0 spiro atoms. The lowest BCUT2D eigenvalue weighted by molar-refractivity contribution is -0.385. The number of benzene rings is 2. The smallest absolute Gasteiger partial charge is 0.313 e. The first-order chi connectivity index (χ1) is 14.8. The molecule has 0 aliphatic carbocycles. The molecule has 0 saturated carbocycles. The first-order valence-corrected chi connectivity index (χ1v) is 10.8. The van der Waals surface area contributed by atoms with E-state index < -0.39 is 4.92 Å². The number of nitro groups is 1. The van der Waals surface area contributed by atoms with Gasteiger partial charge in [0, 0.05) is 22.0 Å². The van der Waals surface area contributed by atoms with Crippen LogP contribution in [0.1, 0.15) is 44.5 Å². The third-order valence-corrected chi connectivity index (χ3v) is 5.51. The summed E-state index contributed by atoms with van der Waals surface area (Å²) in [5.74, 6) is 0.474. The highest BCUT2D eigenvalue weighted by atomic mass is 79.9. The predicted molar refractivity (Wildman–Crippen MR) is 125 cm³/mol. The molecule has 0 aliphatic rings. The summed E-state index contributed by atoms with van der Waals surface area (Å²) in [6.07, 6.45) is 2.11. The van der Waals surface area contributed by atoms with Gasteiger partial charge in [0.05, 0.1) is 33.7 Å². The Hall–Kier alpha value is -2.78. The van der Waals surface area contributed by atoms with Gasteiger partial charge in [-0.2, -0.15) is 9.78 Å². The van der Waals surface area contributed by atoms with Crippen LogP contribution in [0.4, 0.5) is 5.69 Å². The van der Waals surface area contributed by atoms with Crippen molar-refractivity contribution in [3.63, 3.8) is 0 Å². The quantitative estimate of drug-likeness (QED) is 0.238. The van der Waals surface area contributed by atoms with E-state index in [1.165, 1.54) is 23.0 Å². The SMILES string of the molecule is CCOc1c(Cl)cc(C=Nn2c([C@H](C)CC)nc3ccc(Br)cc3c2=O)cc1[N+](=O)[O-]. The van der Waals surface area contributed by atoms with Crippen LogP contribution in [0.15, 0.2) is 44.7 Å². The molecule has 0 amide bonds. The van der Waals surface area contributed by atoms with Crippen molar-refractivity contribution >= 4 is 50.3 Å². The van der Waals surface area contributed by atoms with Gasteiger partial charge in [-0.05, 0) is 37.6 Å². The fourth-order valence-electron chi connectivity index (χ4n) is 3.00. The zero-order chi connectivity index (χ0) is 22.7. The van der Waals surface area contributed by atoms with Crippen molar-refractivity contribution in [2.75, 3.05) is 6.61 Å². The van der Waals surface area contributed by atoms with Crippen molar-refractivity contribution in [2.24, 2.45) is 5.10 Å². The molecule has 1 aromatic heterocycles. The zero-order valence-electron chi connectivity index (χ0n) is 17.1. The van der Waals surface area contributed by atoms with E-state index in [1.807, 2.05) is 19.9 Å². The minimum Gasteiger partial charge on any atom is -0.486 e. The van der Waals surface area contributed by atoms with Gasteiger partial charge in [-0.1, -0.05) is 41.4 Å². The Morgan fingerprint density at radius 2 is 2.10 bits per heavy atom. The van der Waals surface area contributed by atoms with Gasteiger partial charge in [-0.25, -0.2) is 4.98 Å². The average molecular weight is 508 g/mol. The second-order valence-corrected chi connectivity index (χ2v) is 8.17.